The Balaban J connectivity index is 1.49. The van der Waals surface area contributed by atoms with Gasteiger partial charge in [-0.25, -0.2) is 4.85 Å². The van der Waals surface area contributed by atoms with Crippen LogP contribution in [0, 0.1) is 6.57 Å². The van der Waals surface area contributed by atoms with Crippen LogP contribution in [0.15, 0.2) is 60.8 Å². The van der Waals surface area contributed by atoms with Gasteiger partial charge in [0.25, 0.3) is 0 Å². The minimum atomic E-state index is -0.000257. The van der Waals surface area contributed by atoms with Crippen molar-refractivity contribution in [1.29, 1.82) is 0 Å². The molecule has 0 N–H and O–H groups in total. The molecule has 0 spiro atoms. The van der Waals surface area contributed by atoms with Crippen molar-refractivity contribution in [2.24, 2.45) is 0 Å². The molecule has 5 heteroatoms. The Morgan fingerprint density at radius 3 is 2.82 bits per heavy atom. The van der Waals surface area contributed by atoms with Crippen LogP contribution in [-0.2, 0) is 16.1 Å². The van der Waals surface area contributed by atoms with Gasteiger partial charge in [-0.2, -0.15) is 0 Å². The van der Waals surface area contributed by atoms with Gasteiger partial charge in [-0.05, 0) is 24.6 Å². The monoisotopic (exact) mass is 373 g/mol. The molecule has 3 aromatic rings. The van der Waals surface area contributed by atoms with Gasteiger partial charge < -0.3 is 14.4 Å². The highest BCUT2D eigenvalue weighted by molar-refractivity contribution is 5.99. The highest BCUT2D eigenvalue weighted by Gasteiger charge is 2.27. The summed E-state index contributed by atoms with van der Waals surface area (Å²) in [6.45, 7) is 12.2. The van der Waals surface area contributed by atoms with E-state index < -0.39 is 0 Å². The molecule has 0 saturated carbocycles. The van der Waals surface area contributed by atoms with E-state index in [9.17, 15) is 0 Å². The zero-order valence-corrected chi connectivity index (χ0v) is 15.9. The number of rotatable bonds is 5. The van der Waals surface area contributed by atoms with Crippen molar-refractivity contribution < 1.29 is 9.47 Å². The quantitative estimate of drug-likeness (QED) is 0.613. The fraction of sp³-hybridized carbons (Fsp3) is 0.304. The summed E-state index contributed by atoms with van der Waals surface area (Å²) in [7, 11) is 0. The Labute approximate surface area is 165 Å². The summed E-state index contributed by atoms with van der Waals surface area (Å²) >= 11 is 0. The van der Waals surface area contributed by atoms with E-state index >= 15 is 0 Å². The molecule has 1 saturated heterocycles. The standard InChI is InChI=1S/C23H23N3O2/c1-17-13-26(14-19(28-17)16-27-15-18-7-4-3-5-8-18)22-11-10-21(24-2)23-20(22)9-6-12-25-23/h3-12,17,19H,13-16H2,1H3/t17-,19-/m1/s1. The van der Waals surface area contributed by atoms with Gasteiger partial charge in [-0.1, -0.05) is 42.5 Å². The lowest BCUT2D eigenvalue weighted by Gasteiger charge is -2.38. The van der Waals surface area contributed by atoms with Crippen LogP contribution in [0.25, 0.3) is 15.7 Å². The van der Waals surface area contributed by atoms with E-state index in [1.165, 1.54) is 0 Å². The first kappa shape index (κ1) is 18.4. The second kappa shape index (κ2) is 8.39. The van der Waals surface area contributed by atoms with Crippen LogP contribution in [0.1, 0.15) is 12.5 Å². The molecule has 142 valence electrons. The Morgan fingerprint density at radius 2 is 2.00 bits per heavy atom. The Hall–Kier alpha value is -2.94. The summed E-state index contributed by atoms with van der Waals surface area (Å²) in [5, 5.41) is 1.01. The van der Waals surface area contributed by atoms with E-state index in [1.54, 1.807) is 6.20 Å². The predicted octanol–water partition coefficient (Wildman–Crippen LogP) is 4.60. The highest BCUT2D eigenvalue weighted by atomic mass is 16.5. The minimum absolute atomic E-state index is 0.000257. The lowest BCUT2D eigenvalue weighted by molar-refractivity contribution is -0.0633. The third-order valence-corrected chi connectivity index (χ3v) is 4.93. The van der Waals surface area contributed by atoms with Gasteiger partial charge in [0.1, 0.15) is 0 Å². The van der Waals surface area contributed by atoms with E-state index in [-0.39, 0.29) is 12.2 Å². The number of hydrogen-bond acceptors (Lipinski definition) is 4. The molecule has 1 aliphatic rings. The number of aromatic nitrogens is 1. The zero-order valence-electron chi connectivity index (χ0n) is 15.9. The van der Waals surface area contributed by atoms with Gasteiger partial charge in [0.2, 0.25) is 5.69 Å². The van der Waals surface area contributed by atoms with Gasteiger partial charge in [-0.3, -0.25) is 4.98 Å². The van der Waals surface area contributed by atoms with Crippen LogP contribution in [-0.4, -0.2) is 36.9 Å². The number of fused-ring (bicyclic) bond motifs is 1. The van der Waals surface area contributed by atoms with Crippen LogP contribution < -0.4 is 4.90 Å². The van der Waals surface area contributed by atoms with Crippen molar-refractivity contribution in [1.82, 2.24) is 4.98 Å². The molecule has 2 heterocycles. The second-order valence-corrected chi connectivity index (χ2v) is 7.09. The van der Waals surface area contributed by atoms with Crippen LogP contribution >= 0.6 is 0 Å². The third-order valence-electron chi connectivity index (χ3n) is 4.93. The molecule has 0 radical (unpaired) electrons. The second-order valence-electron chi connectivity index (χ2n) is 7.09. The summed E-state index contributed by atoms with van der Waals surface area (Å²) in [5.74, 6) is 0. The van der Waals surface area contributed by atoms with Gasteiger partial charge >= 0.3 is 0 Å². The average molecular weight is 373 g/mol. The molecule has 28 heavy (non-hydrogen) atoms. The molecule has 0 amide bonds. The lowest BCUT2D eigenvalue weighted by atomic mass is 10.1. The Morgan fingerprint density at radius 1 is 1.14 bits per heavy atom. The Bertz CT molecular complexity index is 984. The van der Waals surface area contributed by atoms with Crippen LogP contribution in [0.2, 0.25) is 0 Å². The van der Waals surface area contributed by atoms with E-state index in [1.807, 2.05) is 42.5 Å². The van der Waals surface area contributed by atoms with Crippen molar-refractivity contribution in [3.8, 4) is 0 Å². The van der Waals surface area contributed by atoms with Gasteiger partial charge in [-0.15, -0.1) is 0 Å². The number of benzene rings is 2. The number of hydrogen-bond donors (Lipinski definition) is 0. The number of morpholine rings is 1. The molecule has 2 atom stereocenters. The van der Waals surface area contributed by atoms with Crippen molar-refractivity contribution in [3.63, 3.8) is 0 Å². The summed E-state index contributed by atoms with van der Waals surface area (Å²) in [5.41, 5.74) is 3.60. The van der Waals surface area contributed by atoms with E-state index in [0.717, 1.165) is 35.2 Å². The van der Waals surface area contributed by atoms with Crippen molar-refractivity contribution in [2.75, 3.05) is 24.6 Å². The minimum Gasteiger partial charge on any atom is -0.374 e. The highest BCUT2D eigenvalue weighted by Crippen LogP contribution is 2.33. The summed E-state index contributed by atoms with van der Waals surface area (Å²) in [6, 6.07) is 18.0. The predicted molar refractivity (Wildman–Crippen MR) is 111 cm³/mol. The summed E-state index contributed by atoms with van der Waals surface area (Å²) < 4.78 is 12.0. The van der Waals surface area contributed by atoms with Crippen molar-refractivity contribution in [2.45, 2.75) is 25.7 Å². The van der Waals surface area contributed by atoms with Crippen LogP contribution in [0.5, 0.6) is 0 Å². The fourth-order valence-corrected chi connectivity index (χ4v) is 3.73. The normalized spacial score (nSPS) is 19.5. The Kier molecular flexibility index (Phi) is 5.52. The van der Waals surface area contributed by atoms with Crippen molar-refractivity contribution in [3.05, 3.63) is 77.8 Å². The zero-order chi connectivity index (χ0) is 19.3. The smallest absolute Gasteiger partial charge is 0.213 e. The average Bonchev–Trinajstić information content (AvgIpc) is 2.73. The van der Waals surface area contributed by atoms with Crippen molar-refractivity contribution >= 4 is 22.3 Å². The molecular formula is C23H23N3O2. The van der Waals surface area contributed by atoms with Gasteiger partial charge in [0.15, 0.2) is 0 Å². The molecule has 1 fully saturated rings. The molecule has 2 aromatic carbocycles. The molecular weight excluding hydrogens is 350 g/mol. The summed E-state index contributed by atoms with van der Waals surface area (Å²) in [6.07, 6.45) is 1.84. The lowest BCUT2D eigenvalue weighted by Crippen LogP contribution is -2.48. The molecule has 1 aromatic heterocycles. The molecule has 4 rings (SSSR count). The van der Waals surface area contributed by atoms with Crippen LogP contribution in [0.3, 0.4) is 0 Å². The van der Waals surface area contributed by atoms with E-state index in [0.29, 0.717) is 18.9 Å². The van der Waals surface area contributed by atoms with Gasteiger partial charge in [0.05, 0.1) is 37.5 Å². The largest absolute Gasteiger partial charge is 0.374 e. The molecule has 1 aliphatic heterocycles. The summed E-state index contributed by atoms with van der Waals surface area (Å²) in [4.78, 5) is 10.4. The van der Waals surface area contributed by atoms with E-state index in [2.05, 4.69) is 33.8 Å². The van der Waals surface area contributed by atoms with E-state index in [4.69, 9.17) is 16.0 Å². The maximum atomic E-state index is 7.39. The number of anilines is 1. The number of nitrogens with zero attached hydrogens (tertiary/aromatic N) is 3. The van der Waals surface area contributed by atoms with Gasteiger partial charge in [0, 0.05) is 30.4 Å². The fourth-order valence-electron chi connectivity index (χ4n) is 3.73. The first-order valence-corrected chi connectivity index (χ1v) is 9.52. The molecule has 0 bridgehead atoms. The maximum Gasteiger partial charge on any atom is 0.213 e. The molecule has 0 unspecified atom stereocenters. The molecule has 0 aliphatic carbocycles. The first-order chi connectivity index (χ1) is 13.7. The third kappa shape index (κ3) is 3.99. The topological polar surface area (TPSA) is 39.0 Å². The first-order valence-electron chi connectivity index (χ1n) is 9.52. The number of ether oxygens (including phenoxy) is 2. The molecule has 5 nitrogen and oxygen atoms in total. The SMILES string of the molecule is [C-]#[N+]c1ccc(N2C[C@H](COCc3ccccc3)O[C@H](C)C2)c2cccnc12. The van der Waals surface area contributed by atoms with Crippen LogP contribution in [0.4, 0.5) is 11.4 Å². The maximum absolute atomic E-state index is 7.39. The number of pyridine rings is 1.